The van der Waals surface area contributed by atoms with Gasteiger partial charge in [0.1, 0.15) is 7.05 Å². The number of aryl methyl sites for hydroxylation is 1. The Morgan fingerprint density at radius 1 is 1.18 bits per heavy atom. The molecule has 17 heavy (non-hydrogen) atoms. The van der Waals surface area contributed by atoms with Crippen LogP contribution in [-0.2, 0) is 12.8 Å². The van der Waals surface area contributed by atoms with Crippen molar-refractivity contribution in [2.45, 2.75) is 10.8 Å². The maximum absolute atomic E-state index is 5.94. The van der Waals surface area contributed by atoms with Gasteiger partial charge in [-0.1, -0.05) is 35.5 Å². The van der Waals surface area contributed by atoms with Crippen LogP contribution in [0.5, 0.6) is 0 Å². The number of nitrogens with zero attached hydrogens (tertiary/aromatic N) is 1. The van der Waals surface area contributed by atoms with Crippen LogP contribution in [0, 0.1) is 0 Å². The second-order valence-electron chi connectivity index (χ2n) is 3.57. The molecule has 0 aliphatic carbocycles. The molecular formula is C13H13Cl2NS. The summed E-state index contributed by atoms with van der Waals surface area (Å²) in [5.74, 6) is 0.943. The van der Waals surface area contributed by atoms with Gasteiger partial charge >= 0.3 is 0 Å². The van der Waals surface area contributed by atoms with Crippen LogP contribution in [0.2, 0.25) is 5.02 Å². The largest absolute Gasteiger partial charge is 1.00 e. The molecule has 1 aromatic carbocycles. The van der Waals surface area contributed by atoms with Gasteiger partial charge in [0.05, 0.1) is 0 Å². The Labute approximate surface area is 117 Å². The Morgan fingerprint density at radius 3 is 2.71 bits per heavy atom. The highest BCUT2D eigenvalue weighted by atomic mass is 35.5. The molecule has 0 bridgehead atoms. The standard InChI is InChI=1S/C13H13ClNS.ClH/c1-15-8-3-2-7-13(15)16-10-11-5-4-6-12(14)9-11;/h2-9H,10H2,1H3;1H/q+1;/p-1. The molecule has 0 amide bonds. The molecule has 0 N–H and O–H groups in total. The topological polar surface area (TPSA) is 3.88 Å². The number of benzene rings is 1. The molecule has 0 fully saturated rings. The lowest BCUT2D eigenvalue weighted by molar-refractivity contribution is -0.708. The van der Waals surface area contributed by atoms with Gasteiger partial charge in [-0.15, -0.1) is 0 Å². The van der Waals surface area contributed by atoms with Crippen LogP contribution >= 0.6 is 23.4 Å². The number of pyridine rings is 1. The summed E-state index contributed by atoms with van der Waals surface area (Å²) in [5, 5.41) is 2.05. The van der Waals surface area contributed by atoms with Gasteiger partial charge in [0, 0.05) is 22.9 Å². The molecule has 0 spiro atoms. The SMILES string of the molecule is C[n+]1ccccc1SCc1cccc(Cl)c1.[Cl-]. The third-order valence-electron chi connectivity index (χ3n) is 2.28. The predicted octanol–water partition coefficient (Wildman–Crippen LogP) is 0.461. The normalized spacial score (nSPS) is 9.76. The lowest BCUT2D eigenvalue weighted by Gasteiger charge is -2.00. The highest BCUT2D eigenvalue weighted by Gasteiger charge is 2.05. The van der Waals surface area contributed by atoms with Gasteiger partial charge < -0.3 is 12.4 Å². The van der Waals surface area contributed by atoms with E-state index in [1.165, 1.54) is 10.6 Å². The monoisotopic (exact) mass is 285 g/mol. The number of thioether (sulfide) groups is 1. The van der Waals surface area contributed by atoms with Crippen LogP contribution in [0.1, 0.15) is 5.56 Å². The molecule has 2 rings (SSSR count). The van der Waals surface area contributed by atoms with E-state index in [1.54, 1.807) is 0 Å². The first kappa shape index (κ1) is 14.4. The van der Waals surface area contributed by atoms with Crippen LogP contribution in [-0.4, -0.2) is 0 Å². The molecule has 0 saturated heterocycles. The summed E-state index contributed by atoms with van der Waals surface area (Å²) < 4.78 is 2.12. The molecule has 0 radical (unpaired) electrons. The molecule has 1 nitrogen and oxygen atoms in total. The van der Waals surface area contributed by atoms with Gasteiger partial charge in [0.2, 0.25) is 5.03 Å². The highest BCUT2D eigenvalue weighted by molar-refractivity contribution is 7.98. The average Bonchev–Trinajstić information content (AvgIpc) is 2.28. The summed E-state index contributed by atoms with van der Waals surface area (Å²) >= 11 is 7.76. The van der Waals surface area contributed by atoms with Crippen molar-refractivity contribution in [1.29, 1.82) is 0 Å². The number of hydrogen-bond donors (Lipinski definition) is 0. The number of rotatable bonds is 3. The lowest BCUT2D eigenvalue weighted by atomic mass is 10.2. The minimum absolute atomic E-state index is 0. The van der Waals surface area contributed by atoms with Gasteiger partial charge in [0.15, 0.2) is 6.20 Å². The summed E-state index contributed by atoms with van der Waals surface area (Å²) in [7, 11) is 2.06. The molecule has 2 aromatic rings. The van der Waals surface area contributed by atoms with Crippen molar-refractivity contribution < 1.29 is 17.0 Å². The molecule has 1 heterocycles. The molecule has 90 valence electrons. The number of halogens is 2. The van der Waals surface area contributed by atoms with Gasteiger partial charge in [0.25, 0.3) is 0 Å². The Bertz CT molecular complexity index is 488. The van der Waals surface area contributed by atoms with E-state index in [0.29, 0.717) is 0 Å². The smallest absolute Gasteiger partial charge is 0.240 e. The first-order chi connectivity index (χ1) is 7.75. The highest BCUT2D eigenvalue weighted by Crippen LogP contribution is 2.21. The summed E-state index contributed by atoms with van der Waals surface area (Å²) in [6.07, 6.45) is 2.06. The number of aromatic nitrogens is 1. The summed E-state index contributed by atoms with van der Waals surface area (Å²) in [6, 6.07) is 14.2. The first-order valence-electron chi connectivity index (χ1n) is 5.07. The summed E-state index contributed by atoms with van der Waals surface area (Å²) in [5.41, 5.74) is 1.25. The van der Waals surface area contributed by atoms with Crippen LogP contribution in [0.4, 0.5) is 0 Å². The van der Waals surface area contributed by atoms with Crippen molar-refractivity contribution in [3.8, 4) is 0 Å². The van der Waals surface area contributed by atoms with E-state index < -0.39 is 0 Å². The quantitative estimate of drug-likeness (QED) is 0.586. The van der Waals surface area contributed by atoms with E-state index in [1.807, 2.05) is 36.0 Å². The van der Waals surface area contributed by atoms with Gasteiger partial charge in [-0.3, -0.25) is 0 Å². The molecule has 0 aliphatic heterocycles. The Balaban J connectivity index is 0.00000144. The molecule has 0 atom stereocenters. The van der Waals surface area contributed by atoms with Gasteiger partial charge in [-0.2, -0.15) is 4.57 Å². The summed E-state index contributed by atoms with van der Waals surface area (Å²) in [4.78, 5) is 0. The van der Waals surface area contributed by atoms with E-state index in [4.69, 9.17) is 11.6 Å². The van der Waals surface area contributed by atoms with Crippen LogP contribution in [0.3, 0.4) is 0 Å². The zero-order valence-electron chi connectivity index (χ0n) is 9.44. The number of hydrogen-bond acceptors (Lipinski definition) is 1. The van der Waals surface area contributed by atoms with E-state index in [0.717, 1.165) is 10.8 Å². The maximum Gasteiger partial charge on any atom is 0.240 e. The molecule has 0 aliphatic rings. The molecule has 0 unspecified atom stereocenters. The molecule has 0 saturated carbocycles. The molecule has 1 aromatic heterocycles. The molecular weight excluding hydrogens is 273 g/mol. The van der Waals surface area contributed by atoms with E-state index >= 15 is 0 Å². The predicted molar refractivity (Wildman–Crippen MR) is 68.6 cm³/mol. The molecule has 4 heteroatoms. The zero-order chi connectivity index (χ0) is 11.4. The van der Waals surface area contributed by atoms with Gasteiger partial charge in [-0.25, -0.2) is 0 Å². The van der Waals surface area contributed by atoms with Crippen molar-refractivity contribution in [3.05, 3.63) is 59.2 Å². The Kier molecular flexibility index (Phi) is 5.83. The third-order valence-corrected chi connectivity index (χ3v) is 3.72. The van der Waals surface area contributed by atoms with Crippen LogP contribution in [0.15, 0.2) is 53.7 Å². The average molecular weight is 286 g/mol. The van der Waals surface area contributed by atoms with E-state index in [-0.39, 0.29) is 12.4 Å². The van der Waals surface area contributed by atoms with E-state index in [9.17, 15) is 0 Å². The van der Waals surface area contributed by atoms with E-state index in [2.05, 4.69) is 36.0 Å². The maximum atomic E-state index is 5.94. The van der Waals surface area contributed by atoms with Crippen LogP contribution in [0.25, 0.3) is 0 Å². The van der Waals surface area contributed by atoms with Crippen molar-refractivity contribution in [2.75, 3.05) is 0 Å². The second-order valence-corrected chi connectivity index (χ2v) is 5.00. The van der Waals surface area contributed by atoms with Crippen molar-refractivity contribution in [1.82, 2.24) is 0 Å². The second kappa shape index (κ2) is 6.90. The van der Waals surface area contributed by atoms with Crippen molar-refractivity contribution >= 4 is 23.4 Å². The fraction of sp³-hybridized carbons (Fsp3) is 0.154. The fourth-order valence-electron chi connectivity index (χ4n) is 1.44. The minimum Gasteiger partial charge on any atom is -1.00 e. The van der Waals surface area contributed by atoms with Crippen molar-refractivity contribution in [3.63, 3.8) is 0 Å². The zero-order valence-corrected chi connectivity index (χ0v) is 11.8. The lowest BCUT2D eigenvalue weighted by Crippen LogP contribution is -3.00. The first-order valence-corrected chi connectivity index (χ1v) is 6.44. The Morgan fingerprint density at radius 2 is 2.00 bits per heavy atom. The minimum atomic E-state index is 0. The third kappa shape index (κ3) is 4.23. The van der Waals surface area contributed by atoms with Gasteiger partial charge in [-0.05, 0) is 23.8 Å². The Hall–Kier alpha value is -0.700. The fourth-order valence-corrected chi connectivity index (χ4v) is 2.59. The van der Waals surface area contributed by atoms with Crippen LogP contribution < -0.4 is 17.0 Å². The summed E-state index contributed by atoms with van der Waals surface area (Å²) in [6.45, 7) is 0. The van der Waals surface area contributed by atoms with Crippen molar-refractivity contribution in [2.24, 2.45) is 7.05 Å².